The Kier molecular flexibility index (Phi) is 6.37. The van der Waals surface area contributed by atoms with E-state index in [9.17, 15) is 0 Å². The molecule has 148 valence electrons. The van der Waals surface area contributed by atoms with Crippen molar-refractivity contribution in [3.8, 4) is 11.6 Å². The first-order chi connectivity index (χ1) is 13.8. The van der Waals surface area contributed by atoms with Crippen molar-refractivity contribution in [2.24, 2.45) is 0 Å². The fourth-order valence-corrected chi connectivity index (χ4v) is 4.24. The van der Waals surface area contributed by atoms with E-state index in [-0.39, 0.29) is 0 Å². The van der Waals surface area contributed by atoms with Gasteiger partial charge < -0.3 is 14.6 Å². The van der Waals surface area contributed by atoms with E-state index in [4.69, 9.17) is 9.72 Å². The molecule has 2 aromatic heterocycles. The molecule has 0 spiro atoms. The molecule has 5 nitrogen and oxygen atoms in total. The Morgan fingerprint density at radius 1 is 1.18 bits per heavy atom. The first-order valence-corrected chi connectivity index (χ1v) is 11.6. The molecule has 4 rings (SSSR count). The third kappa shape index (κ3) is 4.43. The lowest BCUT2D eigenvalue weighted by atomic mass is 9.96. The molecule has 0 radical (unpaired) electrons. The van der Waals surface area contributed by atoms with E-state index in [1.54, 1.807) is 0 Å². The Hall–Kier alpha value is -2.21. The number of hydrogen-bond acceptors (Lipinski definition) is 5. The predicted molar refractivity (Wildman–Crippen MR) is 118 cm³/mol. The number of nitrogens with zero attached hydrogens (tertiary/aromatic N) is 3. The highest BCUT2D eigenvalue weighted by molar-refractivity contribution is 7.98. The summed E-state index contributed by atoms with van der Waals surface area (Å²) in [5, 5.41) is 4.64. The van der Waals surface area contributed by atoms with E-state index in [2.05, 4.69) is 39.5 Å². The van der Waals surface area contributed by atoms with E-state index >= 15 is 0 Å². The van der Waals surface area contributed by atoms with E-state index < -0.39 is 0 Å². The Balaban J connectivity index is 1.54. The lowest BCUT2D eigenvalue weighted by Gasteiger charge is -2.22. The number of ether oxygens (including phenoxy) is 1. The van der Waals surface area contributed by atoms with Crippen LogP contribution in [0.15, 0.2) is 42.7 Å². The number of anilines is 1. The van der Waals surface area contributed by atoms with Crippen LogP contribution in [0.25, 0.3) is 16.7 Å². The van der Waals surface area contributed by atoms with Crippen molar-refractivity contribution in [1.29, 1.82) is 0 Å². The van der Waals surface area contributed by atoms with Gasteiger partial charge >= 0.3 is 0 Å². The van der Waals surface area contributed by atoms with Gasteiger partial charge in [-0.25, -0.2) is 4.98 Å². The highest BCUT2D eigenvalue weighted by atomic mass is 32.2. The van der Waals surface area contributed by atoms with Gasteiger partial charge in [-0.05, 0) is 55.5 Å². The summed E-state index contributed by atoms with van der Waals surface area (Å²) < 4.78 is 8.13. The van der Waals surface area contributed by atoms with Crippen molar-refractivity contribution in [3.63, 3.8) is 0 Å². The van der Waals surface area contributed by atoms with Crippen molar-refractivity contribution in [3.05, 3.63) is 42.7 Å². The molecule has 1 saturated carbocycles. The number of rotatable bonds is 8. The minimum Gasteiger partial charge on any atom is -0.493 e. The summed E-state index contributed by atoms with van der Waals surface area (Å²) in [6.45, 7) is 0.744. The van der Waals surface area contributed by atoms with Gasteiger partial charge in [0.05, 0.1) is 12.1 Å². The molecule has 1 aliphatic rings. The summed E-state index contributed by atoms with van der Waals surface area (Å²) >= 11 is 1.85. The topological polar surface area (TPSA) is 52.0 Å². The molecule has 0 atom stereocenters. The third-order valence-electron chi connectivity index (χ3n) is 5.27. The van der Waals surface area contributed by atoms with E-state index in [0.717, 1.165) is 47.2 Å². The summed E-state index contributed by atoms with van der Waals surface area (Å²) in [7, 11) is 0. The molecular weight excluding hydrogens is 368 g/mol. The molecule has 1 aliphatic carbocycles. The maximum Gasteiger partial charge on any atom is 0.224 e. The van der Waals surface area contributed by atoms with Crippen LogP contribution in [0.3, 0.4) is 0 Å². The second-order valence-corrected chi connectivity index (χ2v) is 8.27. The van der Waals surface area contributed by atoms with Crippen LogP contribution in [0.5, 0.6) is 5.75 Å². The standard InChI is InChI=1S/C22H28N4OS/c1-28-16-6-15-27-20-10-5-9-19-18(20)12-14-26(19)21-11-13-23-22(25-21)24-17-7-3-2-4-8-17/h5,9-14,17H,2-4,6-8,15-16H2,1H3,(H,23,24,25). The third-order valence-corrected chi connectivity index (χ3v) is 5.97. The first kappa shape index (κ1) is 19.1. The molecule has 6 heteroatoms. The van der Waals surface area contributed by atoms with Crippen molar-refractivity contribution in [1.82, 2.24) is 14.5 Å². The molecule has 0 unspecified atom stereocenters. The van der Waals surface area contributed by atoms with Gasteiger partial charge in [0.2, 0.25) is 5.95 Å². The van der Waals surface area contributed by atoms with Crippen molar-refractivity contribution >= 4 is 28.6 Å². The lowest BCUT2D eigenvalue weighted by Crippen LogP contribution is -2.23. The van der Waals surface area contributed by atoms with E-state index in [1.165, 1.54) is 32.1 Å². The number of nitrogens with one attached hydrogen (secondary N) is 1. The number of benzene rings is 1. The second-order valence-electron chi connectivity index (χ2n) is 7.29. The smallest absolute Gasteiger partial charge is 0.224 e. The van der Waals surface area contributed by atoms with Crippen molar-refractivity contribution < 1.29 is 4.74 Å². The largest absolute Gasteiger partial charge is 0.493 e. The number of hydrogen-bond donors (Lipinski definition) is 1. The Bertz CT molecular complexity index is 904. The van der Waals surface area contributed by atoms with Gasteiger partial charge in [0.25, 0.3) is 0 Å². The summed E-state index contributed by atoms with van der Waals surface area (Å²) in [6.07, 6.45) is 13.4. The van der Waals surface area contributed by atoms with Gasteiger partial charge in [0.15, 0.2) is 0 Å². The molecule has 1 fully saturated rings. The van der Waals surface area contributed by atoms with Crippen LogP contribution in [0.4, 0.5) is 5.95 Å². The molecular formula is C22H28N4OS. The molecule has 28 heavy (non-hydrogen) atoms. The van der Waals surface area contributed by atoms with Crippen LogP contribution < -0.4 is 10.1 Å². The van der Waals surface area contributed by atoms with Crippen LogP contribution in [0, 0.1) is 0 Å². The summed E-state index contributed by atoms with van der Waals surface area (Å²) in [5.41, 5.74) is 1.10. The van der Waals surface area contributed by atoms with Gasteiger partial charge in [-0.1, -0.05) is 25.3 Å². The summed E-state index contributed by atoms with van der Waals surface area (Å²) in [6, 6.07) is 10.8. The zero-order chi connectivity index (χ0) is 19.2. The second kappa shape index (κ2) is 9.32. The van der Waals surface area contributed by atoms with E-state index in [1.807, 2.05) is 36.2 Å². The SMILES string of the molecule is CSCCCOc1cccc2c1ccn2-c1ccnc(NC2CCCCC2)n1. The van der Waals surface area contributed by atoms with E-state index in [0.29, 0.717) is 6.04 Å². The number of fused-ring (bicyclic) bond motifs is 1. The molecule has 0 saturated heterocycles. The maximum atomic E-state index is 6.02. The summed E-state index contributed by atoms with van der Waals surface area (Å²) in [4.78, 5) is 9.21. The van der Waals surface area contributed by atoms with Crippen LogP contribution in [-0.4, -0.2) is 39.2 Å². The minimum absolute atomic E-state index is 0.492. The monoisotopic (exact) mass is 396 g/mol. The number of thioether (sulfide) groups is 1. The Morgan fingerprint density at radius 3 is 2.93 bits per heavy atom. The van der Waals surface area contributed by atoms with Crippen LogP contribution in [0.2, 0.25) is 0 Å². The average Bonchev–Trinajstić information content (AvgIpc) is 3.17. The van der Waals surface area contributed by atoms with Crippen molar-refractivity contribution in [2.75, 3.05) is 23.9 Å². The highest BCUT2D eigenvalue weighted by Gasteiger charge is 2.15. The van der Waals surface area contributed by atoms with Gasteiger partial charge in [0.1, 0.15) is 11.6 Å². The molecule has 2 heterocycles. The van der Waals surface area contributed by atoms with Crippen molar-refractivity contribution in [2.45, 2.75) is 44.6 Å². The Morgan fingerprint density at radius 2 is 2.07 bits per heavy atom. The molecule has 0 bridgehead atoms. The summed E-state index contributed by atoms with van der Waals surface area (Å²) in [5.74, 6) is 3.65. The number of aromatic nitrogens is 3. The van der Waals surface area contributed by atoms with Gasteiger partial charge in [-0.3, -0.25) is 0 Å². The van der Waals surface area contributed by atoms with Crippen LogP contribution in [-0.2, 0) is 0 Å². The molecule has 3 aromatic rings. The zero-order valence-corrected chi connectivity index (χ0v) is 17.3. The predicted octanol–water partition coefficient (Wildman–Crippen LogP) is 5.30. The highest BCUT2D eigenvalue weighted by Crippen LogP contribution is 2.29. The zero-order valence-electron chi connectivity index (χ0n) is 16.4. The van der Waals surface area contributed by atoms with Gasteiger partial charge in [0, 0.05) is 23.8 Å². The minimum atomic E-state index is 0.492. The first-order valence-electron chi connectivity index (χ1n) is 10.2. The molecule has 1 N–H and O–H groups in total. The lowest BCUT2D eigenvalue weighted by molar-refractivity contribution is 0.322. The van der Waals surface area contributed by atoms with Gasteiger partial charge in [-0.2, -0.15) is 16.7 Å². The average molecular weight is 397 g/mol. The van der Waals surface area contributed by atoms with Gasteiger partial charge in [-0.15, -0.1) is 0 Å². The van der Waals surface area contributed by atoms with Crippen LogP contribution in [0.1, 0.15) is 38.5 Å². The maximum absolute atomic E-state index is 6.02. The Labute approximate surface area is 170 Å². The quantitative estimate of drug-likeness (QED) is 0.524. The molecule has 0 amide bonds. The molecule has 0 aliphatic heterocycles. The van der Waals surface area contributed by atoms with Crippen LogP contribution >= 0.6 is 11.8 Å². The normalized spacial score (nSPS) is 15.0. The fraction of sp³-hybridized carbons (Fsp3) is 0.455. The fourth-order valence-electron chi connectivity index (χ4n) is 3.83. The molecule has 1 aromatic carbocycles.